The second-order valence-electron chi connectivity index (χ2n) is 8.92. The van der Waals surface area contributed by atoms with Gasteiger partial charge in [-0.05, 0) is 66.2 Å². The predicted molar refractivity (Wildman–Crippen MR) is 105 cm³/mol. The Kier molecular flexibility index (Phi) is 4.47. The van der Waals surface area contributed by atoms with Gasteiger partial charge in [-0.2, -0.15) is 5.10 Å². The number of non-ortho nitro benzene ring substituents is 1. The summed E-state index contributed by atoms with van der Waals surface area (Å²) in [5.41, 5.74) is 1.34. The molecule has 0 radical (unpaired) electrons. The zero-order valence-electron chi connectivity index (χ0n) is 16.9. The summed E-state index contributed by atoms with van der Waals surface area (Å²) in [6.07, 6.45) is 1.77. The van der Waals surface area contributed by atoms with Gasteiger partial charge >= 0.3 is 7.12 Å². The van der Waals surface area contributed by atoms with Crippen LogP contribution in [0, 0.1) is 10.1 Å². The Morgan fingerprint density at radius 1 is 1.07 bits per heavy atom. The molecule has 27 heavy (non-hydrogen) atoms. The molecule has 8 heteroatoms. The fraction of sp³-hybridized carbons (Fsp3) is 0.526. The molecule has 1 fully saturated rings. The van der Waals surface area contributed by atoms with Crippen molar-refractivity contribution in [3.05, 3.63) is 40.6 Å². The van der Waals surface area contributed by atoms with Crippen molar-refractivity contribution >= 4 is 18.3 Å². The molecule has 7 nitrogen and oxygen atoms in total. The predicted octanol–water partition coefficient (Wildman–Crippen LogP) is 3.51. The first-order chi connectivity index (χ1) is 12.3. The third kappa shape index (κ3) is 3.39. The van der Waals surface area contributed by atoms with Crippen LogP contribution in [0.25, 0.3) is 11.3 Å². The molecule has 1 aliphatic rings. The third-order valence-electron chi connectivity index (χ3n) is 5.29. The fourth-order valence-electron chi connectivity index (χ4n) is 3.04. The van der Waals surface area contributed by atoms with E-state index in [4.69, 9.17) is 9.31 Å². The Hall–Kier alpha value is -2.19. The highest BCUT2D eigenvalue weighted by molar-refractivity contribution is 6.63. The van der Waals surface area contributed by atoms with Crippen LogP contribution in [0.15, 0.2) is 30.5 Å². The largest absolute Gasteiger partial charge is 0.498 e. The highest BCUT2D eigenvalue weighted by atomic mass is 16.7. The van der Waals surface area contributed by atoms with Crippen molar-refractivity contribution in [2.24, 2.45) is 0 Å². The Balaban J connectivity index is 2.12. The van der Waals surface area contributed by atoms with E-state index >= 15 is 0 Å². The minimum absolute atomic E-state index is 0.0535. The van der Waals surface area contributed by atoms with Gasteiger partial charge in [0.05, 0.1) is 27.4 Å². The van der Waals surface area contributed by atoms with E-state index in [0.29, 0.717) is 0 Å². The summed E-state index contributed by atoms with van der Waals surface area (Å²) in [6, 6.07) is 6.49. The van der Waals surface area contributed by atoms with E-state index in [0.717, 1.165) is 16.7 Å². The van der Waals surface area contributed by atoms with E-state index in [-0.39, 0.29) is 11.2 Å². The van der Waals surface area contributed by atoms with E-state index in [9.17, 15) is 10.1 Å². The molecule has 2 aromatic rings. The van der Waals surface area contributed by atoms with E-state index in [1.165, 1.54) is 12.1 Å². The van der Waals surface area contributed by atoms with Crippen molar-refractivity contribution < 1.29 is 14.2 Å². The van der Waals surface area contributed by atoms with Crippen LogP contribution in [-0.2, 0) is 14.8 Å². The van der Waals surface area contributed by atoms with Crippen LogP contribution in [0.2, 0.25) is 0 Å². The van der Waals surface area contributed by atoms with Gasteiger partial charge in [0.2, 0.25) is 0 Å². The number of hydrogen-bond acceptors (Lipinski definition) is 5. The summed E-state index contributed by atoms with van der Waals surface area (Å²) in [7, 11) is -0.559. The number of hydrogen-bond donors (Lipinski definition) is 0. The van der Waals surface area contributed by atoms with Gasteiger partial charge in [0.15, 0.2) is 0 Å². The molecule has 1 aromatic carbocycles. The molecular formula is C19H26BN3O4. The van der Waals surface area contributed by atoms with Crippen LogP contribution in [0.5, 0.6) is 0 Å². The second kappa shape index (κ2) is 6.17. The zero-order valence-corrected chi connectivity index (χ0v) is 16.9. The molecule has 0 spiro atoms. The van der Waals surface area contributed by atoms with Gasteiger partial charge in [-0.25, -0.2) is 0 Å². The first-order valence-electron chi connectivity index (χ1n) is 9.02. The van der Waals surface area contributed by atoms with Crippen molar-refractivity contribution in [2.75, 3.05) is 0 Å². The van der Waals surface area contributed by atoms with Crippen LogP contribution < -0.4 is 5.46 Å². The number of aromatic nitrogens is 2. The number of nitrogens with zero attached hydrogens (tertiary/aromatic N) is 3. The Bertz CT molecular complexity index is 850. The molecule has 1 aliphatic heterocycles. The molecule has 0 atom stereocenters. The van der Waals surface area contributed by atoms with Crippen LogP contribution in [0.3, 0.4) is 0 Å². The third-order valence-corrected chi connectivity index (χ3v) is 5.29. The molecular weight excluding hydrogens is 345 g/mol. The molecule has 0 bridgehead atoms. The van der Waals surface area contributed by atoms with Crippen molar-refractivity contribution in [1.29, 1.82) is 0 Å². The van der Waals surface area contributed by atoms with Gasteiger partial charge in [-0.3, -0.25) is 14.8 Å². The van der Waals surface area contributed by atoms with Crippen molar-refractivity contribution in [1.82, 2.24) is 9.78 Å². The van der Waals surface area contributed by atoms with Gasteiger partial charge in [0.1, 0.15) is 0 Å². The van der Waals surface area contributed by atoms with Crippen molar-refractivity contribution in [3.8, 4) is 11.3 Å². The number of benzene rings is 1. The molecule has 0 amide bonds. The molecule has 1 aromatic heterocycles. The number of nitro benzene ring substituents is 1. The average molecular weight is 371 g/mol. The molecule has 0 saturated carbocycles. The zero-order chi connectivity index (χ0) is 20.2. The van der Waals surface area contributed by atoms with E-state index in [2.05, 4.69) is 25.9 Å². The molecule has 3 rings (SSSR count). The molecule has 144 valence electrons. The van der Waals surface area contributed by atoms with Crippen LogP contribution in [-0.4, -0.2) is 33.0 Å². The summed E-state index contributed by atoms with van der Waals surface area (Å²) in [4.78, 5) is 10.6. The van der Waals surface area contributed by atoms with E-state index in [1.807, 2.05) is 32.4 Å². The van der Waals surface area contributed by atoms with Gasteiger partial charge < -0.3 is 9.31 Å². The Labute approximate surface area is 160 Å². The van der Waals surface area contributed by atoms with Gasteiger partial charge in [0.25, 0.3) is 5.69 Å². The maximum Gasteiger partial charge on any atom is 0.498 e. The van der Waals surface area contributed by atoms with E-state index < -0.39 is 23.2 Å². The maximum atomic E-state index is 11.0. The Morgan fingerprint density at radius 2 is 1.59 bits per heavy atom. The van der Waals surface area contributed by atoms with Crippen molar-refractivity contribution in [2.45, 2.75) is 65.2 Å². The van der Waals surface area contributed by atoms with Gasteiger partial charge in [0, 0.05) is 23.8 Å². The SMILES string of the molecule is CC(C)(C)n1ncc(B2OC(C)(C)C(C)(C)O2)c1-c1ccc([N+](=O)[O-])cc1. The quantitative estimate of drug-likeness (QED) is 0.469. The maximum absolute atomic E-state index is 11.0. The molecule has 1 saturated heterocycles. The summed E-state index contributed by atoms with van der Waals surface area (Å²) in [5.74, 6) is 0. The summed E-state index contributed by atoms with van der Waals surface area (Å²) in [5, 5.41) is 15.6. The van der Waals surface area contributed by atoms with Gasteiger partial charge in [-0.1, -0.05) is 0 Å². The molecule has 2 heterocycles. The topological polar surface area (TPSA) is 79.4 Å². The van der Waals surface area contributed by atoms with Crippen LogP contribution in [0.1, 0.15) is 48.5 Å². The average Bonchev–Trinajstić information content (AvgIpc) is 3.06. The highest BCUT2D eigenvalue weighted by Gasteiger charge is 2.53. The van der Waals surface area contributed by atoms with Crippen LogP contribution in [0.4, 0.5) is 5.69 Å². The number of nitro groups is 1. The Morgan fingerprint density at radius 3 is 2.04 bits per heavy atom. The first-order valence-corrected chi connectivity index (χ1v) is 9.02. The molecule has 0 aliphatic carbocycles. The monoisotopic (exact) mass is 371 g/mol. The minimum Gasteiger partial charge on any atom is -0.399 e. The lowest BCUT2D eigenvalue weighted by molar-refractivity contribution is -0.384. The molecule has 0 unspecified atom stereocenters. The number of rotatable bonds is 3. The lowest BCUT2D eigenvalue weighted by Gasteiger charge is -2.32. The van der Waals surface area contributed by atoms with Crippen molar-refractivity contribution in [3.63, 3.8) is 0 Å². The van der Waals surface area contributed by atoms with Gasteiger partial charge in [-0.15, -0.1) is 0 Å². The minimum atomic E-state index is -0.559. The fourth-order valence-corrected chi connectivity index (χ4v) is 3.04. The normalized spacial score (nSPS) is 18.7. The smallest absolute Gasteiger partial charge is 0.399 e. The second-order valence-corrected chi connectivity index (χ2v) is 8.92. The highest BCUT2D eigenvalue weighted by Crippen LogP contribution is 2.38. The summed E-state index contributed by atoms with van der Waals surface area (Å²) in [6.45, 7) is 14.2. The van der Waals surface area contributed by atoms with Crippen LogP contribution >= 0.6 is 0 Å². The first kappa shape index (κ1) is 19.6. The lowest BCUT2D eigenvalue weighted by atomic mass is 9.77. The molecule has 0 N–H and O–H groups in total. The standard InChI is InChI=1S/C19H26BN3O4/c1-17(2,3)22-16(13-8-10-14(11-9-13)23(24)25)15(12-21-22)20-26-18(4,5)19(6,7)27-20/h8-12H,1-7H3. The van der Waals surface area contributed by atoms with E-state index in [1.54, 1.807) is 18.3 Å². The lowest BCUT2D eigenvalue weighted by Crippen LogP contribution is -2.41. The summed E-state index contributed by atoms with van der Waals surface area (Å²) >= 11 is 0. The summed E-state index contributed by atoms with van der Waals surface area (Å²) < 4.78 is 14.3.